The van der Waals surface area contributed by atoms with Gasteiger partial charge < -0.3 is 18.9 Å². The number of hydrogen-bond donors (Lipinski definition) is 0. The highest BCUT2D eigenvalue weighted by atomic mass is 32.2. The second-order valence-electron chi connectivity index (χ2n) is 7.73. The fourth-order valence-corrected chi connectivity index (χ4v) is 7.96. The monoisotopic (exact) mass is 370 g/mol. The molecule has 4 fully saturated rings. The van der Waals surface area contributed by atoms with E-state index in [9.17, 15) is 0 Å². The molecule has 0 saturated carbocycles. The van der Waals surface area contributed by atoms with E-state index in [0.29, 0.717) is 0 Å². The van der Waals surface area contributed by atoms with E-state index in [0.717, 1.165) is 38.9 Å². The van der Waals surface area contributed by atoms with Gasteiger partial charge in [0.1, 0.15) is 10.2 Å². The summed E-state index contributed by atoms with van der Waals surface area (Å²) in [5.74, 6) is 2.12. The Kier molecular flexibility index (Phi) is 4.04. The Bertz CT molecular complexity index is 539. The number of thioether (sulfide) groups is 2. The molecule has 1 aliphatic carbocycles. The van der Waals surface area contributed by atoms with Crippen LogP contribution in [0.1, 0.15) is 45.4 Å². The SMILES string of the molecule is C[C@@]12CCC3(SCCCS3)[C@@H](O[C@H]1C1=CCC3(CC1)OCCO3)O2. The van der Waals surface area contributed by atoms with Crippen LogP contribution in [0.15, 0.2) is 11.6 Å². The molecule has 4 aliphatic heterocycles. The topological polar surface area (TPSA) is 36.9 Å². The third-order valence-corrected chi connectivity index (χ3v) is 9.58. The van der Waals surface area contributed by atoms with Crippen molar-refractivity contribution in [1.29, 1.82) is 0 Å². The van der Waals surface area contributed by atoms with Crippen LogP contribution in [0, 0.1) is 0 Å². The van der Waals surface area contributed by atoms with Crippen LogP contribution in [0.4, 0.5) is 0 Å². The van der Waals surface area contributed by atoms with Crippen LogP contribution >= 0.6 is 23.5 Å². The molecule has 3 atom stereocenters. The van der Waals surface area contributed by atoms with Gasteiger partial charge in [0.15, 0.2) is 12.1 Å². The fraction of sp³-hybridized carbons (Fsp3) is 0.889. The lowest BCUT2D eigenvalue weighted by atomic mass is 9.82. The molecular weight excluding hydrogens is 344 g/mol. The van der Waals surface area contributed by atoms with Gasteiger partial charge in [-0.05, 0) is 49.7 Å². The van der Waals surface area contributed by atoms with Crippen molar-refractivity contribution in [3.8, 4) is 0 Å². The molecule has 0 radical (unpaired) electrons. The maximum Gasteiger partial charge on any atom is 0.182 e. The summed E-state index contributed by atoms with van der Waals surface area (Å²) in [7, 11) is 0. The molecule has 0 amide bonds. The highest BCUT2D eigenvalue weighted by Gasteiger charge is 2.60. The smallest absolute Gasteiger partial charge is 0.182 e. The summed E-state index contributed by atoms with van der Waals surface area (Å²) >= 11 is 4.12. The Morgan fingerprint density at radius 2 is 1.88 bits per heavy atom. The minimum absolute atomic E-state index is 0.0627. The zero-order valence-electron chi connectivity index (χ0n) is 14.3. The summed E-state index contributed by atoms with van der Waals surface area (Å²) in [6.07, 6.45) is 8.71. The first kappa shape index (κ1) is 16.5. The van der Waals surface area contributed by atoms with Crippen molar-refractivity contribution >= 4 is 23.5 Å². The van der Waals surface area contributed by atoms with Gasteiger partial charge in [-0.15, -0.1) is 23.5 Å². The van der Waals surface area contributed by atoms with Crippen molar-refractivity contribution < 1.29 is 18.9 Å². The molecule has 6 heteroatoms. The molecule has 0 N–H and O–H groups in total. The van der Waals surface area contributed by atoms with Crippen LogP contribution < -0.4 is 0 Å². The first-order valence-corrected chi connectivity index (χ1v) is 11.2. The number of ether oxygens (including phenoxy) is 4. The maximum absolute atomic E-state index is 6.56. The Morgan fingerprint density at radius 3 is 2.58 bits per heavy atom. The second-order valence-corrected chi connectivity index (χ2v) is 10.8. The van der Waals surface area contributed by atoms with E-state index in [4.69, 9.17) is 18.9 Å². The van der Waals surface area contributed by atoms with Crippen LogP contribution in [-0.2, 0) is 18.9 Å². The molecule has 134 valence electrons. The summed E-state index contributed by atoms with van der Waals surface area (Å²) in [5, 5.41) is 0. The van der Waals surface area contributed by atoms with Crippen LogP contribution in [0.2, 0.25) is 0 Å². The molecule has 2 bridgehead atoms. The van der Waals surface area contributed by atoms with Crippen molar-refractivity contribution in [3.63, 3.8) is 0 Å². The van der Waals surface area contributed by atoms with Crippen molar-refractivity contribution in [3.05, 3.63) is 11.6 Å². The van der Waals surface area contributed by atoms with Crippen LogP contribution in [0.5, 0.6) is 0 Å². The summed E-state index contributed by atoms with van der Waals surface area (Å²) in [4.78, 5) is 0. The van der Waals surface area contributed by atoms with Gasteiger partial charge in [0.25, 0.3) is 0 Å². The molecule has 2 spiro atoms. The average Bonchev–Trinajstić information content (AvgIpc) is 3.18. The lowest BCUT2D eigenvalue weighted by molar-refractivity contribution is -0.162. The normalized spacial score (nSPS) is 43.3. The van der Waals surface area contributed by atoms with Crippen molar-refractivity contribution in [2.24, 2.45) is 0 Å². The van der Waals surface area contributed by atoms with Crippen molar-refractivity contribution in [2.75, 3.05) is 24.7 Å². The Balaban J connectivity index is 1.35. The van der Waals surface area contributed by atoms with Crippen LogP contribution in [-0.4, -0.2) is 52.6 Å². The average molecular weight is 371 g/mol. The van der Waals surface area contributed by atoms with Gasteiger partial charge in [0, 0.05) is 12.8 Å². The highest BCUT2D eigenvalue weighted by molar-refractivity contribution is 8.18. The van der Waals surface area contributed by atoms with Gasteiger partial charge in [0.05, 0.1) is 18.8 Å². The number of fused-ring (bicyclic) bond motifs is 3. The minimum atomic E-state index is -0.352. The summed E-state index contributed by atoms with van der Waals surface area (Å²) in [6.45, 7) is 3.70. The zero-order valence-corrected chi connectivity index (χ0v) is 15.9. The third-order valence-electron chi connectivity index (χ3n) is 6.12. The van der Waals surface area contributed by atoms with E-state index in [1.165, 1.54) is 29.9 Å². The van der Waals surface area contributed by atoms with Crippen LogP contribution in [0.25, 0.3) is 0 Å². The lowest BCUT2D eigenvalue weighted by Crippen LogP contribution is -2.47. The lowest BCUT2D eigenvalue weighted by Gasteiger charge is -2.44. The maximum atomic E-state index is 6.56. The summed E-state index contributed by atoms with van der Waals surface area (Å²) < 4.78 is 24.9. The second kappa shape index (κ2) is 5.89. The molecule has 0 unspecified atom stereocenters. The molecule has 24 heavy (non-hydrogen) atoms. The van der Waals surface area contributed by atoms with Crippen molar-refractivity contribution in [2.45, 2.75) is 73.3 Å². The number of hydrogen-bond acceptors (Lipinski definition) is 6. The van der Waals surface area contributed by atoms with E-state index >= 15 is 0 Å². The fourth-order valence-electron chi connectivity index (χ4n) is 4.70. The van der Waals surface area contributed by atoms with Crippen molar-refractivity contribution in [1.82, 2.24) is 0 Å². The predicted octanol–water partition coefficient (Wildman–Crippen LogP) is 3.70. The summed E-state index contributed by atoms with van der Waals surface area (Å²) in [5.41, 5.74) is 1.23. The molecule has 0 aromatic rings. The standard InChI is InChI=1S/C18H26O4S2/c1-16-7-8-18(23-11-2-12-24-18)15(22-16)21-14(16)13-3-5-17(6-4-13)19-9-10-20-17/h3,14-15H,2,4-12H2,1H3/t14-,15-,16+/m0/s1. The molecule has 4 saturated heterocycles. The van der Waals surface area contributed by atoms with E-state index < -0.39 is 0 Å². The van der Waals surface area contributed by atoms with Gasteiger partial charge in [-0.25, -0.2) is 0 Å². The Hall–Kier alpha value is 0.280. The molecule has 0 aromatic heterocycles. The van der Waals surface area contributed by atoms with Crippen LogP contribution in [0.3, 0.4) is 0 Å². The zero-order chi connectivity index (χ0) is 16.3. The van der Waals surface area contributed by atoms with Gasteiger partial charge in [0.2, 0.25) is 0 Å². The van der Waals surface area contributed by atoms with E-state index in [2.05, 4.69) is 36.5 Å². The Morgan fingerprint density at radius 1 is 1.08 bits per heavy atom. The quantitative estimate of drug-likeness (QED) is 0.655. The molecule has 0 aromatic carbocycles. The first-order valence-electron chi connectivity index (χ1n) is 9.21. The summed E-state index contributed by atoms with van der Waals surface area (Å²) in [6, 6.07) is 0. The van der Waals surface area contributed by atoms with Gasteiger partial charge in [-0.2, -0.15) is 0 Å². The van der Waals surface area contributed by atoms with E-state index in [1.54, 1.807) is 0 Å². The molecular formula is C18H26O4S2. The molecule has 5 rings (SSSR count). The molecule has 4 heterocycles. The van der Waals surface area contributed by atoms with Gasteiger partial charge >= 0.3 is 0 Å². The van der Waals surface area contributed by atoms with Gasteiger partial charge in [-0.1, -0.05) is 6.08 Å². The van der Waals surface area contributed by atoms with E-state index in [-0.39, 0.29) is 27.9 Å². The Labute approximate surface area is 152 Å². The number of rotatable bonds is 1. The third kappa shape index (κ3) is 2.52. The minimum Gasteiger partial charge on any atom is -0.347 e. The largest absolute Gasteiger partial charge is 0.347 e. The molecule has 4 nitrogen and oxygen atoms in total. The van der Waals surface area contributed by atoms with Gasteiger partial charge in [-0.3, -0.25) is 0 Å². The molecule has 5 aliphatic rings. The first-order chi connectivity index (χ1) is 11.6. The highest BCUT2D eigenvalue weighted by Crippen LogP contribution is 2.59. The van der Waals surface area contributed by atoms with E-state index in [1.807, 2.05) is 0 Å². The predicted molar refractivity (Wildman–Crippen MR) is 96.2 cm³/mol.